The Labute approximate surface area is 154 Å². The predicted molar refractivity (Wildman–Crippen MR) is 99.1 cm³/mol. The number of ether oxygens (including phenoxy) is 1. The minimum Gasteiger partial charge on any atom is -0.503 e. The van der Waals surface area contributed by atoms with Crippen molar-refractivity contribution >= 4 is 33.4 Å². The lowest BCUT2D eigenvalue weighted by atomic mass is 10.1. The summed E-state index contributed by atoms with van der Waals surface area (Å²) < 4.78 is 5.34. The van der Waals surface area contributed by atoms with Crippen LogP contribution in [0.4, 0.5) is 5.69 Å². The molecule has 25 heavy (non-hydrogen) atoms. The zero-order valence-corrected chi connectivity index (χ0v) is 15.5. The first-order valence-corrected chi connectivity index (χ1v) is 8.48. The molecular weight excluding hydrogens is 388 g/mol. The van der Waals surface area contributed by atoms with Gasteiger partial charge >= 0.3 is 0 Å². The summed E-state index contributed by atoms with van der Waals surface area (Å²) in [5, 5.41) is 15.1. The van der Waals surface area contributed by atoms with Crippen LogP contribution < -0.4 is 15.4 Å². The molecule has 132 valence electrons. The van der Waals surface area contributed by atoms with Crippen LogP contribution in [0.1, 0.15) is 22.8 Å². The molecule has 2 rings (SSSR count). The van der Waals surface area contributed by atoms with Gasteiger partial charge < -0.3 is 20.5 Å². The second-order valence-corrected chi connectivity index (χ2v) is 6.10. The summed E-state index contributed by atoms with van der Waals surface area (Å²) in [6.07, 6.45) is 0.796. The molecule has 0 unspecified atom stereocenters. The molecule has 2 aromatic carbocycles. The van der Waals surface area contributed by atoms with Crippen molar-refractivity contribution in [3.05, 3.63) is 52.0 Å². The molecule has 6 nitrogen and oxygen atoms in total. The molecule has 0 aromatic heterocycles. The molecule has 0 aliphatic heterocycles. The summed E-state index contributed by atoms with van der Waals surface area (Å²) in [5.41, 5.74) is 2.02. The summed E-state index contributed by atoms with van der Waals surface area (Å²) in [7, 11) is 1.39. The van der Waals surface area contributed by atoms with Gasteiger partial charge in [-0.25, -0.2) is 0 Å². The van der Waals surface area contributed by atoms with Crippen LogP contribution in [0.3, 0.4) is 0 Å². The van der Waals surface area contributed by atoms with Crippen LogP contribution >= 0.6 is 15.9 Å². The van der Waals surface area contributed by atoms with Gasteiger partial charge in [0.2, 0.25) is 5.91 Å². The maximum atomic E-state index is 12.2. The zero-order valence-electron chi connectivity index (χ0n) is 13.9. The normalized spacial score (nSPS) is 10.2. The first-order valence-electron chi connectivity index (χ1n) is 7.68. The van der Waals surface area contributed by atoms with E-state index in [2.05, 4.69) is 26.6 Å². The summed E-state index contributed by atoms with van der Waals surface area (Å²) in [4.78, 5) is 24.3. The van der Waals surface area contributed by atoms with Gasteiger partial charge in [-0.2, -0.15) is 0 Å². The largest absolute Gasteiger partial charge is 0.503 e. The molecule has 0 aliphatic rings. The fourth-order valence-electron chi connectivity index (χ4n) is 2.27. The summed E-state index contributed by atoms with van der Waals surface area (Å²) >= 11 is 3.16. The number of hydrogen-bond donors (Lipinski definition) is 3. The Morgan fingerprint density at radius 1 is 1.24 bits per heavy atom. The fraction of sp³-hybridized carbons (Fsp3) is 0.222. The number of rotatable bonds is 6. The van der Waals surface area contributed by atoms with Gasteiger partial charge in [0.1, 0.15) is 0 Å². The lowest BCUT2D eigenvalue weighted by Crippen LogP contribution is -2.33. The Morgan fingerprint density at radius 3 is 2.64 bits per heavy atom. The van der Waals surface area contributed by atoms with Crippen molar-refractivity contribution in [3.8, 4) is 11.5 Å². The van der Waals surface area contributed by atoms with Gasteiger partial charge in [0.15, 0.2) is 11.5 Å². The van der Waals surface area contributed by atoms with Gasteiger partial charge in [0.05, 0.1) is 18.1 Å². The van der Waals surface area contributed by atoms with E-state index in [4.69, 9.17) is 4.74 Å². The highest BCUT2D eigenvalue weighted by Gasteiger charge is 2.14. The molecule has 0 radical (unpaired) electrons. The van der Waals surface area contributed by atoms with E-state index in [1.54, 1.807) is 0 Å². The molecule has 3 N–H and O–H groups in total. The van der Waals surface area contributed by atoms with E-state index >= 15 is 0 Å². The lowest BCUT2D eigenvalue weighted by molar-refractivity contribution is -0.115. The number of anilines is 1. The first kappa shape index (κ1) is 18.8. The summed E-state index contributed by atoms with van der Waals surface area (Å²) in [5.74, 6) is -0.689. The SMILES string of the molecule is CCc1ccccc1NC(=O)CNC(=O)c1cc(Br)c(O)c(OC)c1. The topological polar surface area (TPSA) is 87.7 Å². The Kier molecular flexibility index (Phi) is 6.41. The van der Waals surface area contributed by atoms with Crippen molar-refractivity contribution in [2.45, 2.75) is 13.3 Å². The van der Waals surface area contributed by atoms with Crippen LogP contribution in [0, 0.1) is 0 Å². The number of benzene rings is 2. The van der Waals surface area contributed by atoms with Crippen molar-refractivity contribution in [3.63, 3.8) is 0 Å². The molecule has 7 heteroatoms. The van der Waals surface area contributed by atoms with E-state index in [1.807, 2.05) is 31.2 Å². The molecule has 0 aliphatic carbocycles. The van der Waals surface area contributed by atoms with Crippen LogP contribution in [0.25, 0.3) is 0 Å². The molecule has 0 atom stereocenters. The third-order valence-corrected chi connectivity index (χ3v) is 4.20. The lowest BCUT2D eigenvalue weighted by Gasteiger charge is -2.11. The Balaban J connectivity index is 2.00. The molecule has 0 saturated carbocycles. The second-order valence-electron chi connectivity index (χ2n) is 5.25. The van der Waals surface area contributed by atoms with Crippen LogP contribution in [0.5, 0.6) is 11.5 Å². The molecule has 0 bridgehead atoms. The number of amides is 2. The number of halogens is 1. The Bertz CT molecular complexity index is 793. The average Bonchev–Trinajstić information content (AvgIpc) is 2.62. The standard InChI is InChI=1S/C18H19BrN2O4/c1-3-11-6-4-5-7-14(11)21-16(22)10-20-18(24)12-8-13(19)17(23)15(9-12)25-2/h4-9,23H,3,10H2,1-2H3,(H,20,24)(H,21,22). The quantitative estimate of drug-likeness (QED) is 0.687. The van der Waals surface area contributed by atoms with Gasteiger partial charge in [0, 0.05) is 11.3 Å². The van der Waals surface area contributed by atoms with Crippen LogP contribution in [-0.2, 0) is 11.2 Å². The van der Waals surface area contributed by atoms with E-state index in [0.717, 1.165) is 17.7 Å². The van der Waals surface area contributed by atoms with E-state index in [1.165, 1.54) is 19.2 Å². The molecule has 0 fully saturated rings. The molecule has 0 spiro atoms. The van der Waals surface area contributed by atoms with Crippen molar-refractivity contribution in [2.24, 2.45) is 0 Å². The smallest absolute Gasteiger partial charge is 0.251 e. The average molecular weight is 407 g/mol. The third-order valence-electron chi connectivity index (χ3n) is 3.59. The maximum Gasteiger partial charge on any atom is 0.251 e. The number of nitrogens with one attached hydrogen (secondary N) is 2. The number of carbonyl (C=O) groups excluding carboxylic acids is 2. The number of carbonyl (C=O) groups is 2. The van der Waals surface area contributed by atoms with Gasteiger partial charge in [0.25, 0.3) is 5.91 Å². The summed E-state index contributed by atoms with van der Waals surface area (Å²) in [6.45, 7) is 1.83. The highest BCUT2D eigenvalue weighted by Crippen LogP contribution is 2.35. The minimum atomic E-state index is -0.446. The highest BCUT2D eigenvalue weighted by atomic mass is 79.9. The van der Waals surface area contributed by atoms with Crippen molar-refractivity contribution < 1.29 is 19.4 Å². The van der Waals surface area contributed by atoms with Crippen LogP contribution in [-0.4, -0.2) is 30.6 Å². The number of para-hydroxylation sites is 1. The molecule has 2 amide bonds. The van der Waals surface area contributed by atoms with Crippen LogP contribution in [0.2, 0.25) is 0 Å². The number of phenolic OH excluding ortho intramolecular Hbond substituents is 1. The Hall–Kier alpha value is -2.54. The maximum absolute atomic E-state index is 12.2. The molecule has 0 saturated heterocycles. The van der Waals surface area contributed by atoms with Crippen molar-refractivity contribution in [1.82, 2.24) is 5.32 Å². The number of aryl methyl sites for hydroxylation is 1. The van der Waals surface area contributed by atoms with Gasteiger partial charge in [-0.15, -0.1) is 0 Å². The van der Waals surface area contributed by atoms with Crippen molar-refractivity contribution in [1.29, 1.82) is 0 Å². The van der Waals surface area contributed by atoms with Crippen molar-refractivity contribution in [2.75, 3.05) is 19.0 Å². The number of aromatic hydroxyl groups is 1. The van der Waals surface area contributed by atoms with E-state index < -0.39 is 5.91 Å². The first-order chi connectivity index (χ1) is 12.0. The molecule has 2 aromatic rings. The van der Waals surface area contributed by atoms with E-state index in [0.29, 0.717) is 4.47 Å². The number of methoxy groups -OCH3 is 1. The molecule has 0 heterocycles. The van der Waals surface area contributed by atoms with Gasteiger partial charge in [-0.05, 0) is 46.1 Å². The Morgan fingerprint density at radius 2 is 1.96 bits per heavy atom. The van der Waals surface area contributed by atoms with Crippen LogP contribution in [0.15, 0.2) is 40.9 Å². The number of phenols is 1. The van der Waals surface area contributed by atoms with Gasteiger partial charge in [-0.3, -0.25) is 9.59 Å². The molecular formula is C18H19BrN2O4. The fourth-order valence-corrected chi connectivity index (χ4v) is 2.71. The predicted octanol–water partition coefficient (Wildman–Crippen LogP) is 3.09. The minimum absolute atomic E-state index is 0.0898. The zero-order chi connectivity index (χ0) is 18.4. The highest BCUT2D eigenvalue weighted by molar-refractivity contribution is 9.10. The number of hydrogen-bond acceptors (Lipinski definition) is 4. The monoisotopic (exact) mass is 406 g/mol. The second kappa shape index (κ2) is 8.53. The third kappa shape index (κ3) is 4.73. The van der Waals surface area contributed by atoms with Gasteiger partial charge in [-0.1, -0.05) is 25.1 Å². The van der Waals surface area contributed by atoms with E-state index in [9.17, 15) is 14.7 Å². The summed E-state index contributed by atoms with van der Waals surface area (Å²) in [6, 6.07) is 10.4. The van der Waals surface area contributed by atoms with E-state index in [-0.39, 0.29) is 29.5 Å².